The molecule has 0 aliphatic carbocycles. The number of nitrogens with one attached hydrogen (secondary N) is 2. The number of rotatable bonds is 3. The first kappa shape index (κ1) is 14.7. The van der Waals surface area contributed by atoms with E-state index < -0.39 is 17.7 Å². The average Bonchev–Trinajstić information content (AvgIpc) is 2.91. The SMILES string of the molecule is CC(=O)N(CCN)C(=O)C(=O)Nc1ccc2nc[nH]c2c1. The number of imidazole rings is 1. The summed E-state index contributed by atoms with van der Waals surface area (Å²) in [4.78, 5) is 42.9. The third kappa shape index (κ3) is 3.23. The number of fused-ring (bicyclic) bond motifs is 1. The molecule has 0 unspecified atom stereocenters. The molecule has 0 radical (unpaired) electrons. The lowest BCUT2D eigenvalue weighted by atomic mass is 10.2. The Hall–Kier alpha value is -2.74. The minimum Gasteiger partial charge on any atom is -0.345 e. The Kier molecular flexibility index (Phi) is 4.29. The summed E-state index contributed by atoms with van der Waals surface area (Å²) in [5.74, 6) is -2.35. The van der Waals surface area contributed by atoms with Crippen LogP contribution in [0.2, 0.25) is 0 Å². The number of imide groups is 1. The Labute approximate surface area is 120 Å². The number of anilines is 1. The summed E-state index contributed by atoms with van der Waals surface area (Å²) in [5.41, 5.74) is 7.22. The van der Waals surface area contributed by atoms with Crippen LogP contribution in [0.15, 0.2) is 24.5 Å². The molecule has 110 valence electrons. The number of hydrogen-bond donors (Lipinski definition) is 3. The lowest BCUT2D eigenvalue weighted by Gasteiger charge is -2.17. The molecule has 2 rings (SSSR count). The molecule has 0 fully saturated rings. The largest absolute Gasteiger partial charge is 0.345 e. The summed E-state index contributed by atoms with van der Waals surface area (Å²) in [6.45, 7) is 1.30. The number of nitrogens with zero attached hydrogens (tertiary/aromatic N) is 2. The van der Waals surface area contributed by atoms with Crippen molar-refractivity contribution < 1.29 is 14.4 Å². The summed E-state index contributed by atoms with van der Waals surface area (Å²) in [5, 5.41) is 2.45. The van der Waals surface area contributed by atoms with Crippen molar-refractivity contribution in [3.63, 3.8) is 0 Å². The standard InChI is InChI=1S/C13H15N5O3/c1-8(19)18(5-4-14)13(21)12(20)17-9-2-3-10-11(6-9)16-7-15-10/h2-3,6-7H,4-5,14H2,1H3,(H,15,16)(H,17,20). The van der Waals surface area contributed by atoms with Crippen molar-refractivity contribution in [2.24, 2.45) is 5.73 Å². The van der Waals surface area contributed by atoms with Crippen LogP contribution in [0.4, 0.5) is 5.69 Å². The highest BCUT2D eigenvalue weighted by Crippen LogP contribution is 2.15. The van der Waals surface area contributed by atoms with E-state index in [0.29, 0.717) is 5.69 Å². The number of aromatic nitrogens is 2. The second kappa shape index (κ2) is 6.14. The van der Waals surface area contributed by atoms with E-state index in [9.17, 15) is 14.4 Å². The van der Waals surface area contributed by atoms with E-state index in [-0.39, 0.29) is 13.1 Å². The molecule has 2 aromatic rings. The summed E-state index contributed by atoms with van der Waals surface area (Å²) in [7, 11) is 0. The van der Waals surface area contributed by atoms with Gasteiger partial charge in [-0.2, -0.15) is 0 Å². The summed E-state index contributed by atoms with van der Waals surface area (Å²) < 4.78 is 0. The number of carbonyl (C=O) groups excluding carboxylic acids is 3. The third-order valence-corrected chi connectivity index (χ3v) is 2.85. The molecule has 0 spiro atoms. The molecule has 0 saturated carbocycles. The maximum Gasteiger partial charge on any atom is 0.318 e. The highest BCUT2D eigenvalue weighted by Gasteiger charge is 2.24. The van der Waals surface area contributed by atoms with Gasteiger partial charge in [-0.05, 0) is 18.2 Å². The molecule has 21 heavy (non-hydrogen) atoms. The molecule has 4 N–H and O–H groups in total. The molecule has 1 aromatic carbocycles. The van der Waals surface area contributed by atoms with E-state index in [0.717, 1.165) is 15.9 Å². The third-order valence-electron chi connectivity index (χ3n) is 2.85. The lowest BCUT2D eigenvalue weighted by Crippen LogP contribution is -2.44. The number of nitrogens with two attached hydrogens (primary N) is 1. The van der Waals surface area contributed by atoms with Gasteiger partial charge in [-0.25, -0.2) is 4.98 Å². The number of amides is 3. The first-order valence-corrected chi connectivity index (χ1v) is 6.29. The Morgan fingerprint density at radius 1 is 1.38 bits per heavy atom. The van der Waals surface area contributed by atoms with Gasteiger partial charge in [0.2, 0.25) is 5.91 Å². The van der Waals surface area contributed by atoms with Crippen molar-refractivity contribution >= 4 is 34.4 Å². The van der Waals surface area contributed by atoms with Crippen LogP contribution in [-0.4, -0.2) is 45.7 Å². The van der Waals surface area contributed by atoms with Crippen molar-refractivity contribution in [3.05, 3.63) is 24.5 Å². The van der Waals surface area contributed by atoms with Gasteiger partial charge in [-0.1, -0.05) is 0 Å². The Morgan fingerprint density at radius 2 is 2.14 bits per heavy atom. The monoisotopic (exact) mass is 289 g/mol. The molecule has 3 amide bonds. The van der Waals surface area contributed by atoms with E-state index >= 15 is 0 Å². The number of benzene rings is 1. The molecule has 0 aliphatic heterocycles. The van der Waals surface area contributed by atoms with Crippen LogP contribution in [0, 0.1) is 0 Å². The summed E-state index contributed by atoms with van der Waals surface area (Å²) in [6.07, 6.45) is 1.53. The molecule has 8 nitrogen and oxygen atoms in total. The fourth-order valence-corrected chi connectivity index (χ4v) is 1.85. The Balaban J connectivity index is 2.12. The van der Waals surface area contributed by atoms with Crippen LogP contribution in [0.5, 0.6) is 0 Å². The molecular formula is C13H15N5O3. The first-order chi connectivity index (χ1) is 10.0. The van der Waals surface area contributed by atoms with E-state index in [1.165, 1.54) is 13.3 Å². The molecule has 8 heteroatoms. The van der Waals surface area contributed by atoms with Gasteiger partial charge in [-0.15, -0.1) is 0 Å². The molecule has 1 heterocycles. The van der Waals surface area contributed by atoms with E-state index in [2.05, 4.69) is 15.3 Å². The van der Waals surface area contributed by atoms with Crippen LogP contribution in [0.25, 0.3) is 11.0 Å². The highest BCUT2D eigenvalue weighted by molar-refractivity contribution is 6.41. The van der Waals surface area contributed by atoms with Gasteiger partial charge >= 0.3 is 11.8 Å². The molecule has 0 aliphatic rings. The van der Waals surface area contributed by atoms with Crippen LogP contribution in [0.3, 0.4) is 0 Å². The zero-order valence-corrected chi connectivity index (χ0v) is 11.4. The predicted molar refractivity (Wildman–Crippen MR) is 76.2 cm³/mol. The quantitative estimate of drug-likeness (QED) is 0.678. The van der Waals surface area contributed by atoms with Gasteiger partial charge < -0.3 is 16.0 Å². The second-order valence-corrected chi connectivity index (χ2v) is 4.35. The fourth-order valence-electron chi connectivity index (χ4n) is 1.85. The smallest absolute Gasteiger partial charge is 0.318 e. The topological polar surface area (TPSA) is 121 Å². The zero-order chi connectivity index (χ0) is 15.4. The minimum atomic E-state index is -0.933. The predicted octanol–water partition coefficient (Wildman–Crippen LogP) is -0.165. The summed E-state index contributed by atoms with van der Waals surface area (Å²) >= 11 is 0. The van der Waals surface area contributed by atoms with Crippen LogP contribution >= 0.6 is 0 Å². The second-order valence-electron chi connectivity index (χ2n) is 4.35. The van der Waals surface area contributed by atoms with Crippen molar-refractivity contribution in [2.75, 3.05) is 18.4 Å². The lowest BCUT2D eigenvalue weighted by molar-refractivity contribution is -0.149. The van der Waals surface area contributed by atoms with Crippen molar-refractivity contribution in [3.8, 4) is 0 Å². The first-order valence-electron chi connectivity index (χ1n) is 6.29. The molecular weight excluding hydrogens is 274 g/mol. The molecule has 0 atom stereocenters. The van der Waals surface area contributed by atoms with Gasteiger partial charge in [-0.3, -0.25) is 19.3 Å². The fraction of sp³-hybridized carbons (Fsp3) is 0.231. The molecule has 0 bridgehead atoms. The Morgan fingerprint density at radius 3 is 2.81 bits per heavy atom. The number of H-pyrrole nitrogens is 1. The van der Waals surface area contributed by atoms with Gasteiger partial charge in [0.15, 0.2) is 0 Å². The van der Waals surface area contributed by atoms with Gasteiger partial charge in [0.05, 0.1) is 17.4 Å². The van der Waals surface area contributed by atoms with Gasteiger partial charge in [0, 0.05) is 25.7 Å². The van der Waals surface area contributed by atoms with Crippen molar-refractivity contribution in [1.82, 2.24) is 14.9 Å². The van der Waals surface area contributed by atoms with Crippen LogP contribution in [0.1, 0.15) is 6.92 Å². The molecule has 0 saturated heterocycles. The van der Waals surface area contributed by atoms with Gasteiger partial charge in [0.25, 0.3) is 0 Å². The van der Waals surface area contributed by atoms with E-state index in [1.807, 2.05) is 0 Å². The number of hydrogen-bond acceptors (Lipinski definition) is 5. The van der Waals surface area contributed by atoms with Crippen LogP contribution in [-0.2, 0) is 14.4 Å². The number of carbonyl (C=O) groups is 3. The number of aromatic amines is 1. The Bertz CT molecular complexity index is 694. The zero-order valence-electron chi connectivity index (χ0n) is 11.4. The summed E-state index contributed by atoms with van der Waals surface area (Å²) in [6, 6.07) is 4.97. The van der Waals surface area contributed by atoms with Crippen molar-refractivity contribution in [2.45, 2.75) is 6.92 Å². The maximum absolute atomic E-state index is 11.9. The highest BCUT2D eigenvalue weighted by atomic mass is 16.2. The average molecular weight is 289 g/mol. The van der Waals surface area contributed by atoms with Crippen LogP contribution < -0.4 is 11.1 Å². The van der Waals surface area contributed by atoms with E-state index in [1.54, 1.807) is 18.2 Å². The normalized spacial score (nSPS) is 10.4. The molecule has 1 aromatic heterocycles. The minimum absolute atomic E-state index is 0.00116. The van der Waals surface area contributed by atoms with Gasteiger partial charge in [0.1, 0.15) is 0 Å². The van der Waals surface area contributed by atoms with E-state index in [4.69, 9.17) is 5.73 Å². The maximum atomic E-state index is 11.9. The van der Waals surface area contributed by atoms with Crippen molar-refractivity contribution in [1.29, 1.82) is 0 Å².